The summed E-state index contributed by atoms with van der Waals surface area (Å²) in [6, 6.07) is 17.3. The fourth-order valence-electron chi connectivity index (χ4n) is 3.24. The summed E-state index contributed by atoms with van der Waals surface area (Å²) in [6.07, 6.45) is 1.50. The number of nitrogens with zero attached hydrogens (tertiary/aromatic N) is 2. The summed E-state index contributed by atoms with van der Waals surface area (Å²) in [4.78, 5) is 2.26. The van der Waals surface area contributed by atoms with Crippen LogP contribution in [0.5, 0.6) is 5.75 Å². The molecule has 3 rings (SSSR count). The smallest absolute Gasteiger partial charge is 0.120 e. The molecule has 0 spiro atoms. The topological polar surface area (TPSA) is 68.5 Å². The second-order valence-corrected chi connectivity index (χ2v) is 7.27. The van der Waals surface area contributed by atoms with Gasteiger partial charge in [0.15, 0.2) is 0 Å². The number of ether oxygens (including phenoxy) is 1. The Morgan fingerprint density at radius 2 is 1.96 bits per heavy atom. The van der Waals surface area contributed by atoms with Crippen LogP contribution >= 0.6 is 11.6 Å². The Morgan fingerprint density at radius 1 is 1.22 bits per heavy atom. The average Bonchev–Trinajstić information content (AvgIpc) is 2.70. The van der Waals surface area contributed by atoms with Crippen molar-refractivity contribution < 1.29 is 9.84 Å². The Morgan fingerprint density at radius 3 is 2.67 bits per heavy atom. The van der Waals surface area contributed by atoms with E-state index in [1.54, 1.807) is 24.3 Å². The van der Waals surface area contributed by atoms with Gasteiger partial charge in [0.2, 0.25) is 0 Å². The molecule has 2 aromatic carbocycles. The second-order valence-electron chi connectivity index (χ2n) is 6.83. The van der Waals surface area contributed by atoms with Crippen LogP contribution in [0.4, 0.5) is 5.69 Å². The number of nitriles is 1. The monoisotopic (exact) mass is 385 g/mol. The van der Waals surface area contributed by atoms with Gasteiger partial charge in [-0.25, -0.2) is 0 Å². The molecule has 1 aliphatic heterocycles. The third-order valence-corrected chi connectivity index (χ3v) is 4.93. The zero-order chi connectivity index (χ0) is 19.1. The van der Waals surface area contributed by atoms with Crippen molar-refractivity contribution in [3.05, 3.63) is 59.1 Å². The van der Waals surface area contributed by atoms with Gasteiger partial charge < -0.3 is 20.1 Å². The lowest BCUT2D eigenvalue weighted by Gasteiger charge is -2.33. The van der Waals surface area contributed by atoms with Gasteiger partial charge >= 0.3 is 0 Å². The minimum absolute atomic E-state index is 0.220. The summed E-state index contributed by atoms with van der Waals surface area (Å²) < 4.78 is 5.61. The number of aliphatic hydroxyl groups excluding tert-OH is 1. The van der Waals surface area contributed by atoms with Crippen LogP contribution in [0.3, 0.4) is 0 Å². The molecular weight excluding hydrogens is 362 g/mol. The SMILES string of the molecule is N#Cc1cccc(OCC(O)CN2CCC(Nc3ccc(Cl)cc3)CC2)c1. The number of β-amino-alcohol motifs (C(OH)–C–C–N with tert-alkyl or cyclic N) is 1. The number of piperidine rings is 1. The quantitative estimate of drug-likeness (QED) is 0.763. The van der Waals surface area contributed by atoms with Crippen molar-refractivity contribution in [2.75, 3.05) is 31.6 Å². The number of hydrogen-bond acceptors (Lipinski definition) is 5. The molecular formula is C21H24ClN3O2. The van der Waals surface area contributed by atoms with E-state index in [4.69, 9.17) is 21.6 Å². The Kier molecular flexibility index (Phi) is 6.94. The molecule has 0 amide bonds. The molecule has 142 valence electrons. The maximum atomic E-state index is 10.3. The van der Waals surface area contributed by atoms with Crippen LogP contribution in [0.15, 0.2) is 48.5 Å². The summed E-state index contributed by atoms with van der Waals surface area (Å²) in [5.41, 5.74) is 1.64. The summed E-state index contributed by atoms with van der Waals surface area (Å²) in [5.74, 6) is 0.610. The summed E-state index contributed by atoms with van der Waals surface area (Å²) in [6.45, 7) is 2.68. The standard InChI is InChI=1S/C21H24ClN3O2/c22-17-4-6-18(7-5-17)24-19-8-10-25(11-9-19)14-20(26)15-27-21-3-1-2-16(12-21)13-23/h1-7,12,19-20,24,26H,8-11,14-15H2. The maximum Gasteiger partial charge on any atom is 0.120 e. The first-order valence-corrected chi connectivity index (χ1v) is 9.55. The number of hydrogen-bond donors (Lipinski definition) is 2. The zero-order valence-electron chi connectivity index (χ0n) is 15.1. The van der Waals surface area contributed by atoms with Gasteiger partial charge in [-0.05, 0) is 55.3 Å². The number of halogens is 1. The van der Waals surface area contributed by atoms with Gasteiger partial charge in [-0.15, -0.1) is 0 Å². The van der Waals surface area contributed by atoms with Crippen LogP contribution < -0.4 is 10.1 Å². The molecule has 0 aliphatic carbocycles. The highest BCUT2D eigenvalue weighted by atomic mass is 35.5. The van der Waals surface area contributed by atoms with E-state index in [1.165, 1.54) is 0 Å². The number of aliphatic hydroxyl groups is 1. The number of likely N-dealkylation sites (tertiary alicyclic amines) is 1. The molecule has 27 heavy (non-hydrogen) atoms. The van der Waals surface area contributed by atoms with Crippen LogP contribution in [0.25, 0.3) is 0 Å². The normalized spacial score (nSPS) is 16.5. The molecule has 5 nitrogen and oxygen atoms in total. The molecule has 2 aromatic rings. The third-order valence-electron chi connectivity index (χ3n) is 4.68. The lowest BCUT2D eigenvalue weighted by molar-refractivity contribution is 0.0605. The van der Waals surface area contributed by atoms with E-state index in [1.807, 2.05) is 24.3 Å². The molecule has 1 saturated heterocycles. The predicted molar refractivity (Wildman–Crippen MR) is 107 cm³/mol. The van der Waals surface area contributed by atoms with E-state index < -0.39 is 6.10 Å². The second kappa shape index (κ2) is 9.61. The van der Waals surface area contributed by atoms with Gasteiger partial charge in [-0.2, -0.15) is 5.26 Å². The van der Waals surface area contributed by atoms with Crippen molar-refractivity contribution >= 4 is 17.3 Å². The molecule has 0 bridgehead atoms. The largest absolute Gasteiger partial charge is 0.491 e. The lowest BCUT2D eigenvalue weighted by atomic mass is 10.0. The molecule has 1 heterocycles. The van der Waals surface area contributed by atoms with E-state index in [2.05, 4.69) is 16.3 Å². The van der Waals surface area contributed by atoms with E-state index in [-0.39, 0.29) is 6.61 Å². The number of nitrogens with one attached hydrogen (secondary N) is 1. The van der Waals surface area contributed by atoms with E-state index in [0.717, 1.165) is 36.6 Å². The van der Waals surface area contributed by atoms with Crippen molar-refractivity contribution in [1.29, 1.82) is 5.26 Å². The van der Waals surface area contributed by atoms with Gasteiger partial charge in [0.1, 0.15) is 18.5 Å². The summed E-state index contributed by atoms with van der Waals surface area (Å²) in [7, 11) is 0. The van der Waals surface area contributed by atoms with Crippen molar-refractivity contribution in [2.45, 2.75) is 25.0 Å². The Hall–Kier alpha value is -2.26. The summed E-state index contributed by atoms with van der Waals surface area (Å²) >= 11 is 5.92. The summed E-state index contributed by atoms with van der Waals surface area (Å²) in [5, 5.41) is 23.4. The van der Waals surface area contributed by atoms with Crippen LogP contribution in [0.2, 0.25) is 5.02 Å². The fourth-order valence-corrected chi connectivity index (χ4v) is 3.37. The highest BCUT2D eigenvalue weighted by molar-refractivity contribution is 6.30. The van der Waals surface area contributed by atoms with Gasteiger partial charge in [0, 0.05) is 36.4 Å². The van der Waals surface area contributed by atoms with Crippen LogP contribution in [0.1, 0.15) is 18.4 Å². The predicted octanol–water partition coefficient (Wildman–Crippen LogP) is 3.53. The van der Waals surface area contributed by atoms with Gasteiger partial charge in [0.05, 0.1) is 11.6 Å². The fraction of sp³-hybridized carbons (Fsp3) is 0.381. The highest BCUT2D eigenvalue weighted by Crippen LogP contribution is 2.19. The maximum absolute atomic E-state index is 10.3. The minimum Gasteiger partial charge on any atom is -0.491 e. The first kappa shape index (κ1) is 19.5. The van der Waals surface area contributed by atoms with Crippen molar-refractivity contribution in [1.82, 2.24) is 4.90 Å². The van der Waals surface area contributed by atoms with Gasteiger partial charge in [0.25, 0.3) is 0 Å². The molecule has 0 aromatic heterocycles. The molecule has 1 fully saturated rings. The third kappa shape index (κ3) is 6.14. The van der Waals surface area contributed by atoms with Crippen LogP contribution in [-0.4, -0.2) is 48.4 Å². The zero-order valence-corrected chi connectivity index (χ0v) is 15.9. The van der Waals surface area contributed by atoms with Crippen molar-refractivity contribution in [3.63, 3.8) is 0 Å². The van der Waals surface area contributed by atoms with E-state index in [0.29, 0.717) is 23.9 Å². The van der Waals surface area contributed by atoms with Gasteiger partial charge in [-0.3, -0.25) is 0 Å². The molecule has 1 unspecified atom stereocenters. The highest BCUT2D eigenvalue weighted by Gasteiger charge is 2.21. The molecule has 0 saturated carbocycles. The molecule has 6 heteroatoms. The van der Waals surface area contributed by atoms with E-state index in [9.17, 15) is 5.11 Å². The van der Waals surface area contributed by atoms with Crippen molar-refractivity contribution in [3.8, 4) is 11.8 Å². The Bertz CT molecular complexity index is 768. The van der Waals surface area contributed by atoms with Crippen molar-refractivity contribution in [2.24, 2.45) is 0 Å². The van der Waals surface area contributed by atoms with E-state index >= 15 is 0 Å². The first-order chi connectivity index (χ1) is 13.1. The Labute approximate surface area is 165 Å². The molecule has 1 atom stereocenters. The average molecular weight is 386 g/mol. The number of anilines is 1. The van der Waals surface area contributed by atoms with Gasteiger partial charge in [-0.1, -0.05) is 17.7 Å². The molecule has 0 radical (unpaired) electrons. The Balaban J connectivity index is 1.38. The number of rotatable bonds is 7. The number of benzene rings is 2. The molecule has 1 aliphatic rings. The lowest BCUT2D eigenvalue weighted by Crippen LogP contribution is -2.43. The molecule has 2 N–H and O–H groups in total. The van der Waals surface area contributed by atoms with Crippen LogP contribution in [-0.2, 0) is 0 Å². The first-order valence-electron chi connectivity index (χ1n) is 9.18. The minimum atomic E-state index is -0.559. The van der Waals surface area contributed by atoms with Crippen LogP contribution in [0, 0.1) is 11.3 Å².